The molecule has 1 amide bonds. The van der Waals surface area contributed by atoms with Crippen LogP contribution in [0.2, 0.25) is 0 Å². The Kier molecular flexibility index (Phi) is 6.48. The van der Waals surface area contributed by atoms with Crippen molar-refractivity contribution in [2.75, 3.05) is 19.5 Å². The second-order valence-corrected chi connectivity index (χ2v) is 6.39. The highest BCUT2D eigenvalue weighted by molar-refractivity contribution is 7.80. The van der Waals surface area contributed by atoms with E-state index >= 15 is 0 Å². The van der Waals surface area contributed by atoms with Gasteiger partial charge in [-0.15, -0.1) is 0 Å². The van der Waals surface area contributed by atoms with Gasteiger partial charge in [0.2, 0.25) is 0 Å². The predicted octanol–water partition coefficient (Wildman–Crippen LogP) is 3.58. The maximum atomic E-state index is 12.5. The van der Waals surface area contributed by atoms with Gasteiger partial charge in [0.25, 0.3) is 5.91 Å². The van der Waals surface area contributed by atoms with Crippen molar-refractivity contribution in [1.29, 1.82) is 0 Å². The van der Waals surface area contributed by atoms with E-state index in [-0.39, 0.29) is 17.6 Å². The third-order valence-electron chi connectivity index (χ3n) is 4.10. The maximum absolute atomic E-state index is 12.5. The summed E-state index contributed by atoms with van der Waals surface area (Å²) in [6.07, 6.45) is 0. The number of hydrogen-bond acceptors (Lipinski definition) is 6. The number of amides is 1. The average Bonchev–Trinajstić information content (AvgIpc) is 3.22. The second kappa shape index (κ2) is 9.22. The molecule has 29 heavy (non-hydrogen) atoms. The molecule has 0 aliphatic carbocycles. The molecule has 0 bridgehead atoms. The third kappa shape index (κ3) is 4.92. The number of benzene rings is 2. The van der Waals surface area contributed by atoms with Crippen LogP contribution in [0.25, 0.3) is 11.3 Å². The Bertz CT molecular complexity index is 1030. The molecule has 0 saturated heterocycles. The summed E-state index contributed by atoms with van der Waals surface area (Å²) in [5.41, 5.74) is 1.87. The fraction of sp³-hybridized carbons (Fsp3) is 0.143. The molecule has 3 rings (SSSR count). The van der Waals surface area contributed by atoms with E-state index < -0.39 is 0 Å². The summed E-state index contributed by atoms with van der Waals surface area (Å²) < 4.78 is 15.9. The van der Waals surface area contributed by atoms with E-state index in [2.05, 4.69) is 10.6 Å². The molecular weight excluding hydrogens is 392 g/mol. The molecule has 0 aliphatic rings. The number of thiocarbonyl (C=S) groups is 1. The minimum Gasteiger partial charge on any atom is -0.493 e. The number of nitrogens with one attached hydrogen (secondary N) is 2. The van der Waals surface area contributed by atoms with Crippen LogP contribution in [0.5, 0.6) is 11.5 Å². The van der Waals surface area contributed by atoms with Gasteiger partial charge in [-0.2, -0.15) is 0 Å². The largest absolute Gasteiger partial charge is 0.493 e. The first-order valence-electron chi connectivity index (χ1n) is 8.68. The van der Waals surface area contributed by atoms with Crippen LogP contribution < -0.4 is 20.1 Å². The van der Waals surface area contributed by atoms with Crippen molar-refractivity contribution < 1.29 is 23.8 Å². The van der Waals surface area contributed by atoms with Crippen molar-refractivity contribution in [2.24, 2.45) is 0 Å². The number of aliphatic hydroxyl groups is 1. The zero-order chi connectivity index (χ0) is 20.8. The monoisotopic (exact) mass is 412 g/mol. The summed E-state index contributed by atoms with van der Waals surface area (Å²) in [7, 11) is 3.03. The molecule has 7 nitrogen and oxygen atoms in total. The highest BCUT2D eigenvalue weighted by atomic mass is 32.1. The SMILES string of the molecule is COc1ccc(C(=O)NC(=S)Nc2cccc(-c3ccc(CO)o3)c2)cc1OC. The number of carbonyl (C=O) groups is 1. The number of furan rings is 1. The number of rotatable bonds is 6. The summed E-state index contributed by atoms with van der Waals surface area (Å²) in [4.78, 5) is 12.5. The Morgan fingerprint density at radius 3 is 2.55 bits per heavy atom. The minimum absolute atomic E-state index is 0.150. The second-order valence-electron chi connectivity index (χ2n) is 5.98. The molecule has 3 aromatic rings. The number of hydrogen-bond donors (Lipinski definition) is 3. The molecule has 8 heteroatoms. The first kappa shape index (κ1) is 20.4. The van der Waals surface area contributed by atoms with Gasteiger partial charge in [-0.05, 0) is 54.7 Å². The molecule has 0 spiro atoms. The first-order valence-corrected chi connectivity index (χ1v) is 9.09. The summed E-state index contributed by atoms with van der Waals surface area (Å²) in [6.45, 7) is -0.162. The lowest BCUT2D eigenvalue weighted by Gasteiger charge is -2.12. The molecule has 1 heterocycles. The van der Waals surface area contributed by atoms with Crippen LogP contribution >= 0.6 is 12.2 Å². The van der Waals surface area contributed by atoms with Gasteiger partial charge in [-0.1, -0.05) is 12.1 Å². The van der Waals surface area contributed by atoms with E-state index in [1.54, 1.807) is 30.3 Å². The third-order valence-corrected chi connectivity index (χ3v) is 4.30. The normalized spacial score (nSPS) is 10.3. The van der Waals surface area contributed by atoms with Gasteiger partial charge in [-0.3, -0.25) is 10.1 Å². The molecule has 3 N–H and O–H groups in total. The molecule has 0 fully saturated rings. The Labute approximate surface area is 173 Å². The zero-order valence-electron chi connectivity index (χ0n) is 15.9. The summed E-state index contributed by atoms with van der Waals surface area (Å²) in [5, 5.41) is 14.9. The summed E-state index contributed by atoms with van der Waals surface area (Å²) in [6, 6.07) is 15.7. The van der Waals surface area contributed by atoms with Gasteiger partial charge >= 0.3 is 0 Å². The van der Waals surface area contributed by atoms with Crippen LogP contribution in [-0.4, -0.2) is 30.3 Å². The lowest BCUT2D eigenvalue weighted by atomic mass is 10.1. The van der Waals surface area contributed by atoms with Gasteiger partial charge in [0, 0.05) is 16.8 Å². The van der Waals surface area contributed by atoms with E-state index in [1.165, 1.54) is 14.2 Å². The van der Waals surface area contributed by atoms with Crippen molar-refractivity contribution in [3.05, 3.63) is 65.9 Å². The summed E-state index contributed by atoms with van der Waals surface area (Å²) >= 11 is 5.25. The molecule has 0 unspecified atom stereocenters. The number of carbonyl (C=O) groups excluding carboxylic acids is 1. The fourth-order valence-electron chi connectivity index (χ4n) is 2.68. The van der Waals surface area contributed by atoms with Crippen molar-refractivity contribution in [3.63, 3.8) is 0 Å². The quantitative estimate of drug-likeness (QED) is 0.533. The van der Waals surface area contributed by atoms with E-state index in [0.29, 0.717) is 34.3 Å². The van der Waals surface area contributed by atoms with Crippen molar-refractivity contribution >= 4 is 28.9 Å². The molecule has 1 aromatic heterocycles. The lowest BCUT2D eigenvalue weighted by Crippen LogP contribution is -2.34. The van der Waals surface area contributed by atoms with E-state index in [4.69, 9.17) is 31.2 Å². The molecule has 150 valence electrons. The van der Waals surface area contributed by atoms with Gasteiger partial charge in [0.05, 0.1) is 14.2 Å². The van der Waals surface area contributed by atoms with Crippen LogP contribution in [0.3, 0.4) is 0 Å². The van der Waals surface area contributed by atoms with Crippen LogP contribution in [0.4, 0.5) is 5.69 Å². The number of aliphatic hydroxyl groups excluding tert-OH is 1. The highest BCUT2D eigenvalue weighted by Gasteiger charge is 2.12. The van der Waals surface area contributed by atoms with E-state index in [0.717, 1.165) is 5.56 Å². The molecule has 2 aromatic carbocycles. The van der Waals surface area contributed by atoms with Gasteiger partial charge in [0.1, 0.15) is 18.1 Å². The number of methoxy groups -OCH3 is 2. The number of anilines is 1. The first-order chi connectivity index (χ1) is 14.0. The predicted molar refractivity (Wildman–Crippen MR) is 113 cm³/mol. The van der Waals surface area contributed by atoms with Crippen LogP contribution in [-0.2, 0) is 6.61 Å². The molecule has 0 atom stereocenters. The zero-order valence-corrected chi connectivity index (χ0v) is 16.7. The fourth-order valence-corrected chi connectivity index (χ4v) is 2.89. The van der Waals surface area contributed by atoms with Crippen molar-refractivity contribution in [1.82, 2.24) is 5.32 Å². The standard InChI is InChI=1S/C21H20N2O5S/c1-26-18-8-6-14(11-19(18)27-2)20(25)23-21(29)22-15-5-3-4-13(10-15)17-9-7-16(12-24)28-17/h3-11,24H,12H2,1-2H3,(H2,22,23,25,29). The maximum Gasteiger partial charge on any atom is 0.257 e. The van der Waals surface area contributed by atoms with Crippen molar-refractivity contribution in [2.45, 2.75) is 6.61 Å². The Balaban J connectivity index is 1.67. The van der Waals surface area contributed by atoms with E-state index in [1.807, 2.05) is 24.3 Å². The smallest absolute Gasteiger partial charge is 0.257 e. The van der Waals surface area contributed by atoms with Crippen LogP contribution in [0.1, 0.15) is 16.1 Å². The Morgan fingerprint density at radius 2 is 1.86 bits per heavy atom. The van der Waals surface area contributed by atoms with Gasteiger partial charge in [-0.25, -0.2) is 0 Å². The summed E-state index contributed by atoms with van der Waals surface area (Å²) in [5.74, 6) is 1.71. The van der Waals surface area contributed by atoms with E-state index in [9.17, 15) is 4.79 Å². The molecule has 0 radical (unpaired) electrons. The topological polar surface area (TPSA) is 93.0 Å². The molecule has 0 saturated carbocycles. The highest BCUT2D eigenvalue weighted by Crippen LogP contribution is 2.27. The van der Waals surface area contributed by atoms with Crippen molar-refractivity contribution in [3.8, 4) is 22.8 Å². The van der Waals surface area contributed by atoms with Crippen LogP contribution in [0.15, 0.2) is 59.0 Å². The van der Waals surface area contributed by atoms with Crippen LogP contribution in [0, 0.1) is 0 Å². The van der Waals surface area contributed by atoms with Gasteiger partial charge in [0.15, 0.2) is 16.6 Å². The molecular formula is C21H20N2O5S. The minimum atomic E-state index is -0.377. The molecule has 0 aliphatic heterocycles. The Hall–Kier alpha value is -3.36. The lowest BCUT2D eigenvalue weighted by molar-refractivity contribution is 0.0977. The van der Waals surface area contributed by atoms with Gasteiger partial charge < -0.3 is 24.3 Å². The Morgan fingerprint density at radius 1 is 1.07 bits per heavy atom. The number of ether oxygens (including phenoxy) is 2. The average molecular weight is 412 g/mol.